The smallest absolute Gasteiger partial charge is 0.293 e. The second-order valence-corrected chi connectivity index (χ2v) is 9.96. The standard InChI is InChI=1S/C31H22NO/c1-31(2)25-15-20-12-11-19-8-4-6-10-22(19)29(20)32-17-33-26-16-24-21-9-5-3-7-18(21)13-14-23(24)28(31)27(26)30(25)32/h3-16H,17H2,1-2H3/q+1. The molecule has 0 amide bonds. The van der Waals surface area contributed by atoms with Crippen molar-refractivity contribution in [1.82, 2.24) is 0 Å². The maximum atomic E-state index is 6.53. The van der Waals surface area contributed by atoms with Gasteiger partial charge in [0.25, 0.3) is 6.73 Å². The minimum Gasteiger partial charge on any atom is -0.435 e. The highest BCUT2D eigenvalue weighted by atomic mass is 16.5. The minimum absolute atomic E-state index is 0.114. The van der Waals surface area contributed by atoms with Crippen LogP contribution in [0.2, 0.25) is 0 Å². The van der Waals surface area contributed by atoms with Gasteiger partial charge in [0, 0.05) is 16.4 Å². The van der Waals surface area contributed by atoms with Gasteiger partial charge in [-0.05, 0) is 56.8 Å². The van der Waals surface area contributed by atoms with Crippen molar-refractivity contribution in [3.63, 3.8) is 0 Å². The minimum atomic E-state index is -0.114. The van der Waals surface area contributed by atoms with E-state index in [1.807, 2.05) is 0 Å². The quantitative estimate of drug-likeness (QED) is 0.185. The number of hydrogen-bond acceptors (Lipinski definition) is 1. The van der Waals surface area contributed by atoms with Gasteiger partial charge in [0.15, 0.2) is 0 Å². The highest BCUT2D eigenvalue weighted by Crippen LogP contribution is 2.56. The number of aromatic nitrogens is 1. The van der Waals surface area contributed by atoms with Crippen LogP contribution in [0.4, 0.5) is 0 Å². The van der Waals surface area contributed by atoms with Crippen LogP contribution in [-0.2, 0) is 12.1 Å². The predicted molar refractivity (Wildman–Crippen MR) is 135 cm³/mol. The van der Waals surface area contributed by atoms with Crippen molar-refractivity contribution in [3.8, 4) is 17.0 Å². The lowest BCUT2D eigenvalue weighted by Crippen LogP contribution is -2.43. The SMILES string of the molecule is CC1(C)c2cc3ccc4ccccc4c3[n+]3c2-c2c(cc4c(ccc5ccccc54)c21)OC3. The molecule has 1 aliphatic carbocycles. The third-order valence-electron chi connectivity index (χ3n) is 7.92. The average Bonchev–Trinajstić information content (AvgIpc) is 3.09. The van der Waals surface area contributed by atoms with E-state index in [-0.39, 0.29) is 5.41 Å². The molecule has 2 heteroatoms. The number of fused-ring (bicyclic) bond motifs is 8. The first-order valence-corrected chi connectivity index (χ1v) is 11.6. The zero-order valence-electron chi connectivity index (χ0n) is 18.6. The van der Waals surface area contributed by atoms with Gasteiger partial charge in [-0.3, -0.25) is 0 Å². The molecule has 0 saturated carbocycles. The summed E-state index contributed by atoms with van der Waals surface area (Å²) in [4.78, 5) is 0. The van der Waals surface area contributed by atoms with Gasteiger partial charge in [-0.2, -0.15) is 4.57 Å². The first-order chi connectivity index (χ1) is 16.1. The Morgan fingerprint density at radius 2 is 1.39 bits per heavy atom. The molecule has 8 rings (SSSR count). The Morgan fingerprint density at radius 1 is 0.697 bits per heavy atom. The normalized spacial score (nSPS) is 15.3. The van der Waals surface area contributed by atoms with E-state index in [9.17, 15) is 0 Å². The molecule has 1 aromatic heterocycles. The molecule has 0 radical (unpaired) electrons. The molecule has 0 fully saturated rings. The van der Waals surface area contributed by atoms with E-state index in [1.54, 1.807) is 0 Å². The maximum Gasteiger partial charge on any atom is 0.293 e. The Bertz CT molecular complexity index is 1840. The lowest BCUT2D eigenvalue weighted by molar-refractivity contribution is -0.692. The second kappa shape index (κ2) is 5.71. The maximum absolute atomic E-state index is 6.53. The summed E-state index contributed by atoms with van der Waals surface area (Å²) in [6, 6.07) is 31.1. The molecule has 156 valence electrons. The molecule has 0 bridgehead atoms. The molecule has 2 nitrogen and oxygen atoms in total. The van der Waals surface area contributed by atoms with Crippen LogP contribution in [0.3, 0.4) is 0 Å². The fourth-order valence-corrected chi connectivity index (χ4v) is 6.44. The average molecular weight is 425 g/mol. The van der Waals surface area contributed by atoms with Crippen molar-refractivity contribution in [2.75, 3.05) is 0 Å². The molecular formula is C31H22NO+. The Morgan fingerprint density at radius 3 is 2.24 bits per heavy atom. The summed E-state index contributed by atoms with van der Waals surface area (Å²) in [5, 5.41) is 9.00. The molecule has 33 heavy (non-hydrogen) atoms. The molecule has 2 aliphatic rings. The number of benzene rings is 5. The fraction of sp³-hybridized carbons (Fsp3) is 0.129. The van der Waals surface area contributed by atoms with Crippen LogP contribution in [0.25, 0.3) is 54.5 Å². The lowest BCUT2D eigenvalue weighted by atomic mass is 9.79. The van der Waals surface area contributed by atoms with Crippen molar-refractivity contribution in [2.45, 2.75) is 26.0 Å². The predicted octanol–water partition coefficient (Wildman–Crippen LogP) is 7.24. The Hall–Kier alpha value is -3.91. The molecule has 0 unspecified atom stereocenters. The topological polar surface area (TPSA) is 13.1 Å². The van der Waals surface area contributed by atoms with E-state index >= 15 is 0 Å². The Labute approximate surface area is 191 Å². The van der Waals surface area contributed by atoms with Crippen LogP contribution in [0.1, 0.15) is 25.0 Å². The summed E-state index contributed by atoms with van der Waals surface area (Å²) in [7, 11) is 0. The highest BCUT2D eigenvalue weighted by Gasteiger charge is 2.47. The van der Waals surface area contributed by atoms with E-state index < -0.39 is 0 Å². The molecule has 5 aromatic carbocycles. The number of pyridine rings is 1. The largest absolute Gasteiger partial charge is 0.435 e. The number of nitrogens with zero attached hydrogens (tertiary/aromatic N) is 1. The van der Waals surface area contributed by atoms with Gasteiger partial charge in [-0.15, -0.1) is 0 Å². The van der Waals surface area contributed by atoms with Crippen LogP contribution in [0.5, 0.6) is 5.75 Å². The zero-order valence-corrected chi connectivity index (χ0v) is 18.6. The van der Waals surface area contributed by atoms with Gasteiger partial charge in [0.2, 0.25) is 11.2 Å². The number of ether oxygens (including phenoxy) is 1. The number of hydrogen-bond donors (Lipinski definition) is 0. The molecule has 2 heterocycles. The number of rotatable bonds is 0. The summed E-state index contributed by atoms with van der Waals surface area (Å²) in [6.45, 7) is 5.28. The van der Waals surface area contributed by atoms with E-state index in [4.69, 9.17) is 4.74 Å². The second-order valence-electron chi connectivity index (χ2n) is 9.96. The monoisotopic (exact) mass is 424 g/mol. The fourth-order valence-electron chi connectivity index (χ4n) is 6.44. The van der Waals surface area contributed by atoms with Crippen molar-refractivity contribution in [3.05, 3.63) is 96.1 Å². The third-order valence-corrected chi connectivity index (χ3v) is 7.92. The van der Waals surface area contributed by atoms with Crippen LogP contribution < -0.4 is 9.30 Å². The third kappa shape index (κ3) is 2.03. The molecule has 1 aliphatic heterocycles. The lowest BCUT2D eigenvalue weighted by Gasteiger charge is -2.22. The highest BCUT2D eigenvalue weighted by molar-refractivity contribution is 6.13. The van der Waals surface area contributed by atoms with Crippen molar-refractivity contribution < 1.29 is 9.30 Å². The van der Waals surface area contributed by atoms with E-state index in [2.05, 4.69) is 103 Å². The summed E-state index contributed by atoms with van der Waals surface area (Å²) < 4.78 is 8.95. The van der Waals surface area contributed by atoms with Crippen LogP contribution in [-0.4, -0.2) is 0 Å². The van der Waals surface area contributed by atoms with Crippen molar-refractivity contribution >= 4 is 43.2 Å². The Balaban J connectivity index is 1.59. The van der Waals surface area contributed by atoms with Gasteiger partial charge in [-0.25, -0.2) is 0 Å². The van der Waals surface area contributed by atoms with Crippen LogP contribution in [0, 0.1) is 0 Å². The summed E-state index contributed by atoms with van der Waals surface area (Å²) in [6.07, 6.45) is 0. The van der Waals surface area contributed by atoms with Crippen LogP contribution >= 0.6 is 0 Å². The first kappa shape index (κ1) is 17.6. The molecule has 0 N–H and O–H groups in total. The Kier molecular flexibility index (Phi) is 3.05. The van der Waals surface area contributed by atoms with E-state index in [0.717, 1.165) is 5.75 Å². The molecular weight excluding hydrogens is 402 g/mol. The van der Waals surface area contributed by atoms with E-state index in [0.29, 0.717) is 6.73 Å². The molecule has 0 spiro atoms. The first-order valence-electron chi connectivity index (χ1n) is 11.6. The zero-order chi connectivity index (χ0) is 21.9. The van der Waals surface area contributed by atoms with Crippen molar-refractivity contribution in [2.24, 2.45) is 0 Å². The molecule has 0 atom stereocenters. The molecule has 0 saturated heterocycles. The van der Waals surface area contributed by atoms with E-state index in [1.165, 1.54) is 65.6 Å². The van der Waals surface area contributed by atoms with Gasteiger partial charge in [0.1, 0.15) is 5.75 Å². The summed E-state index contributed by atoms with van der Waals surface area (Å²) >= 11 is 0. The van der Waals surface area contributed by atoms with Gasteiger partial charge in [0.05, 0.1) is 10.9 Å². The van der Waals surface area contributed by atoms with Gasteiger partial charge in [-0.1, -0.05) is 74.5 Å². The van der Waals surface area contributed by atoms with Gasteiger partial charge >= 0.3 is 0 Å². The van der Waals surface area contributed by atoms with Gasteiger partial charge < -0.3 is 4.74 Å². The van der Waals surface area contributed by atoms with Crippen molar-refractivity contribution in [1.29, 1.82) is 0 Å². The van der Waals surface area contributed by atoms with Crippen LogP contribution in [0.15, 0.2) is 84.9 Å². The molecule has 6 aromatic rings. The summed E-state index contributed by atoms with van der Waals surface area (Å²) in [5.41, 5.74) is 6.54. The summed E-state index contributed by atoms with van der Waals surface area (Å²) in [5.74, 6) is 1.01.